The topological polar surface area (TPSA) is 16.1 Å². The van der Waals surface area contributed by atoms with E-state index in [1.807, 2.05) is 26.2 Å². The summed E-state index contributed by atoms with van der Waals surface area (Å²) in [5.41, 5.74) is 3.08. The molecule has 0 saturated heterocycles. The molecule has 1 aliphatic heterocycles. The van der Waals surface area contributed by atoms with Crippen molar-refractivity contribution in [2.75, 3.05) is 0 Å². The van der Waals surface area contributed by atoms with E-state index < -0.39 is 0 Å². The molecule has 0 unspecified atom stereocenters. The number of fused-ring (bicyclic) bond motifs is 1. The molecule has 2 heterocycles. The highest BCUT2D eigenvalue weighted by Gasteiger charge is 2.27. The van der Waals surface area contributed by atoms with Crippen molar-refractivity contribution in [3.8, 4) is 0 Å². The number of aromatic nitrogens is 1. The Hall–Kier alpha value is -0.890. The second kappa shape index (κ2) is 4.75. The first-order valence-corrected chi connectivity index (χ1v) is 5.74. The second-order valence-electron chi connectivity index (χ2n) is 4.67. The molecular formula is C13H22N2. The maximum atomic E-state index is 4.15. The molecule has 1 aliphatic rings. The van der Waals surface area contributed by atoms with Crippen molar-refractivity contribution in [2.45, 2.75) is 53.2 Å². The zero-order valence-electron chi connectivity index (χ0n) is 10.5. The molecule has 1 aromatic heterocycles. The zero-order valence-corrected chi connectivity index (χ0v) is 10.5. The molecule has 2 rings (SSSR count). The minimum absolute atomic E-state index is 0.263. The van der Waals surface area contributed by atoms with Gasteiger partial charge in [-0.3, -0.25) is 9.88 Å². The molecule has 0 radical (unpaired) electrons. The Labute approximate surface area is 93.3 Å². The molecule has 2 heteroatoms. The largest absolute Gasteiger partial charge is 0.290 e. The summed E-state index contributed by atoms with van der Waals surface area (Å²) < 4.78 is 0. The van der Waals surface area contributed by atoms with E-state index in [1.54, 1.807) is 0 Å². The molecule has 15 heavy (non-hydrogen) atoms. The van der Waals surface area contributed by atoms with E-state index in [9.17, 15) is 0 Å². The van der Waals surface area contributed by atoms with E-state index >= 15 is 0 Å². The Morgan fingerprint density at radius 3 is 2.27 bits per heavy atom. The summed E-state index contributed by atoms with van der Waals surface area (Å²) in [5.74, 6) is 0. The van der Waals surface area contributed by atoms with E-state index in [0.717, 1.165) is 13.1 Å². The van der Waals surface area contributed by atoms with Gasteiger partial charge in [0.05, 0.1) is 0 Å². The minimum Gasteiger partial charge on any atom is -0.290 e. The Balaban J connectivity index is 0.000000531. The van der Waals surface area contributed by atoms with Gasteiger partial charge in [-0.15, -0.1) is 0 Å². The third kappa shape index (κ3) is 2.78. The van der Waals surface area contributed by atoms with Crippen LogP contribution in [0.3, 0.4) is 0 Å². The molecule has 0 atom stereocenters. The standard InChI is InChI=1S/C11H16N2.C2H6/c1-11(2,3)13-7-9-4-5-12-6-10(9)8-13;1-2/h4-6H,7-8H2,1-3H3;1-2H3. The predicted molar refractivity (Wildman–Crippen MR) is 64.6 cm³/mol. The van der Waals surface area contributed by atoms with Crippen LogP contribution < -0.4 is 0 Å². The summed E-state index contributed by atoms with van der Waals surface area (Å²) >= 11 is 0. The molecule has 0 spiro atoms. The minimum atomic E-state index is 0.263. The Morgan fingerprint density at radius 1 is 1.13 bits per heavy atom. The Morgan fingerprint density at radius 2 is 1.73 bits per heavy atom. The van der Waals surface area contributed by atoms with E-state index in [2.05, 4.69) is 36.7 Å². The average Bonchev–Trinajstić information content (AvgIpc) is 2.63. The van der Waals surface area contributed by atoms with Gasteiger partial charge >= 0.3 is 0 Å². The number of hydrogen-bond acceptors (Lipinski definition) is 2. The fraction of sp³-hybridized carbons (Fsp3) is 0.615. The van der Waals surface area contributed by atoms with Gasteiger partial charge in [-0.05, 0) is 38.0 Å². The van der Waals surface area contributed by atoms with Crippen LogP contribution in [0.5, 0.6) is 0 Å². The SMILES string of the molecule is CC.CC(C)(C)N1Cc2ccncc2C1. The first-order chi connectivity index (χ1) is 7.07. The van der Waals surface area contributed by atoms with Gasteiger partial charge in [-0.25, -0.2) is 0 Å². The average molecular weight is 206 g/mol. The summed E-state index contributed by atoms with van der Waals surface area (Å²) in [5, 5.41) is 0. The van der Waals surface area contributed by atoms with E-state index in [-0.39, 0.29) is 5.54 Å². The molecule has 0 aromatic carbocycles. The smallest absolute Gasteiger partial charge is 0.0316 e. The van der Waals surface area contributed by atoms with Gasteiger partial charge < -0.3 is 0 Å². The maximum absolute atomic E-state index is 4.15. The second-order valence-corrected chi connectivity index (χ2v) is 4.67. The number of nitrogens with zero attached hydrogens (tertiary/aromatic N) is 2. The molecule has 0 aliphatic carbocycles. The molecule has 0 fully saturated rings. The summed E-state index contributed by atoms with van der Waals surface area (Å²) in [7, 11) is 0. The Kier molecular flexibility index (Phi) is 3.86. The number of hydrogen-bond donors (Lipinski definition) is 0. The van der Waals surface area contributed by atoms with Crippen LogP contribution in [-0.4, -0.2) is 15.4 Å². The van der Waals surface area contributed by atoms with Gasteiger partial charge in [-0.1, -0.05) is 13.8 Å². The lowest BCUT2D eigenvalue weighted by molar-refractivity contribution is 0.136. The predicted octanol–water partition coefficient (Wildman–Crippen LogP) is 3.22. The quantitative estimate of drug-likeness (QED) is 0.648. The van der Waals surface area contributed by atoms with Crippen molar-refractivity contribution in [1.29, 1.82) is 0 Å². The molecule has 0 N–H and O–H groups in total. The molecule has 0 amide bonds. The first kappa shape index (κ1) is 12.2. The van der Waals surface area contributed by atoms with Crippen molar-refractivity contribution < 1.29 is 0 Å². The van der Waals surface area contributed by atoms with Crippen LogP contribution in [-0.2, 0) is 13.1 Å². The Bertz CT molecular complexity index is 288. The van der Waals surface area contributed by atoms with E-state index in [1.165, 1.54) is 11.1 Å². The molecule has 0 saturated carbocycles. The molecule has 1 aromatic rings. The van der Waals surface area contributed by atoms with Crippen molar-refractivity contribution in [1.82, 2.24) is 9.88 Å². The fourth-order valence-corrected chi connectivity index (χ4v) is 1.69. The van der Waals surface area contributed by atoms with Crippen molar-refractivity contribution in [2.24, 2.45) is 0 Å². The molecular weight excluding hydrogens is 184 g/mol. The molecule has 2 nitrogen and oxygen atoms in total. The van der Waals surface area contributed by atoms with Crippen molar-refractivity contribution >= 4 is 0 Å². The van der Waals surface area contributed by atoms with Gasteiger partial charge in [-0.2, -0.15) is 0 Å². The van der Waals surface area contributed by atoms with Crippen molar-refractivity contribution in [3.63, 3.8) is 0 Å². The van der Waals surface area contributed by atoms with Gasteiger partial charge in [0.15, 0.2) is 0 Å². The molecule has 84 valence electrons. The summed E-state index contributed by atoms with van der Waals surface area (Å²) in [6.45, 7) is 12.9. The van der Waals surface area contributed by atoms with E-state index in [0.29, 0.717) is 0 Å². The lowest BCUT2D eigenvalue weighted by Crippen LogP contribution is -2.36. The van der Waals surface area contributed by atoms with Crippen LogP contribution >= 0.6 is 0 Å². The summed E-state index contributed by atoms with van der Waals surface area (Å²) in [6.07, 6.45) is 3.87. The third-order valence-electron chi connectivity index (χ3n) is 2.68. The highest BCUT2D eigenvalue weighted by Crippen LogP contribution is 2.27. The lowest BCUT2D eigenvalue weighted by atomic mass is 10.1. The van der Waals surface area contributed by atoms with Crippen LogP contribution in [0.1, 0.15) is 45.7 Å². The van der Waals surface area contributed by atoms with Gasteiger partial charge in [0.1, 0.15) is 0 Å². The highest BCUT2D eigenvalue weighted by molar-refractivity contribution is 5.27. The fourth-order valence-electron chi connectivity index (χ4n) is 1.69. The van der Waals surface area contributed by atoms with Crippen LogP contribution in [0, 0.1) is 0 Å². The van der Waals surface area contributed by atoms with Crippen molar-refractivity contribution in [3.05, 3.63) is 29.6 Å². The maximum Gasteiger partial charge on any atom is 0.0316 e. The van der Waals surface area contributed by atoms with Crippen LogP contribution in [0.4, 0.5) is 0 Å². The van der Waals surface area contributed by atoms with Crippen LogP contribution in [0.15, 0.2) is 18.5 Å². The van der Waals surface area contributed by atoms with Gasteiger partial charge in [0.2, 0.25) is 0 Å². The normalized spacial score (nSPS) is 15.5. The molecule has 0 bridgehead atoms. The lowest BCUT2D eigenvalue weighted by Gasteiger charge is -2.31. The van der Waals surface area contributed by atoms with Gasteiger partial charge in [0, 0.05) is 31.0 Å². The highest BCUT2D eigenvalue weighted by atomic mass is 15.2. The first-order valence-electron chi connectivity index (χ1n) is 5.74. The van der Waals surface area contributed by atoms with Crippen LogP contribution in [0.2, 0.25) is 0 Å². The summed E-state index contributed by atoms with van der Waals surface area (Å²) in [4.78, 5) is 6.62. The third-order valence-corrected chi connectivity index (χ3v) is 2.68. The van der Waals surface area contributed by atoms with Crippen LogP contribution in [0.25, 0.3) is 0 Å². The number of pyridine rings is 1. The summed E-state index contributed by atoms with van der Waals surface area (Å²) in [6, 6.07) is 2.13. The zero-order chi connectivity index (χ0) is 11.5. The number of rotatable bonds is 0. The van der Waals surface area contributed by atoms with Gasteiger partial charge in [0.25, 0.3) is 0 Å². The van der Waals surface area contributed by atoms with E-state index in [4.69, 9.17) is 0 Å². The monoisotopic (exact) mass is 206 g/mol.